The van der Waals surface area contributed by atoms with E-state index < -0.39 is 17.3 Å². The Morgan fingerprint density at radius 2 is 2.35 bits per heavy atom. The van der Waals surface area contributed by atoms with E-state index in [1.165, 1.54) is 11.8 Å². The fourth-order valence-electron chi connectivity index (χ4n) is 1.29. The van der Waals surface area contributed by atoms with Crippen LogP contribution in [0.5, 0.6) is 0 Å². The van der Waals surface area contributed by atoms with Crippen LogP contribution in [-0.2, 0) is 16.6 Å². The van der Waals surface area contributed by atoms with E-state index >= 15 is 0 Å². The lowest BCUT2D eigenvalue weighted by atomic mass is 10.3. The van der Waals surface area contributed by atoms with Crippen LogP contribution in [0.25, 0.3) is 0 Å². The SMILES string of the molecule is CCOC(=O)C(Sc1nccn1C)/C(C)=N\NC(N)=O. The average molecular weight is 299 g/mol. The molecule has 8 nitrogen and oxygen atoms in total. The largest absolute Gasteiger partial charge is 0.465 e. The number of ether oxygens (including phenoxy) is 1. The van der Waals surface area contributed by atoms with Crippen molar-refractivity contribution in [3.63, 3.8) is 0 Å². The number of carbonyl (C=O) groups excluding carboxylic acids is 2. The van der Waals surface area contributed by atoms with E-state index in [4.69, 9.17) is 10.5 Å². The molecule has 3 N–H and O–H groups in total. The molecule has 2 amide bonds. The van der Waals surface area contributed by atoms with Gasteiger partial charge in [0.25, 0.3) is 0 Å². The summed E-state index contributed by atoms with van der Waals surface area (Å²) < 4.78 is 6.77. The van der Waals surface area contributed by atoms with Gasteiger partial charge in [0.05, 0.1) is 12.3 Å². The minimum atomic E-state index is -0.797. The van der Waals surface area contributed by atoms with Crippen LogP contribution in [0.2, 0.25) is 0 Å². The molecule has 0 saturated carbocycles. The van der Waals surface area contributed by atoms with Crippen molar-refractivity contribution in [2.45, 2.75) is 24.3 Å². The van der Waals surface area contributed by atoms with Gasteiger partial charge in [0.15, 0.2) is 5.16 Å². The lowest BCUT2D eigenvalue weighted by molar-refractivity contribution is -0.141. The number of urea groups is 1. The van der Waals surface area contributed by atoms with E-state index in [0.717, 1.165) is 0 Å². The molecule has 1 aromatic heterocycles. The van der Waals surface area contributed by atoms with Gasteiger partial charge in [-0.3, -0.25) is 4.79 Å². The Labute approximate surface area is 120 Å². The van der Waals surface area contributed by atoms with Crippen molar-refractivity contribution in [2.24, 2.45) is 17.9 Å². The molecule has 0 radical (unpaired) electrons. The first kappa shape index (κ1) is 16.0. The third kappa shape index (κ3) is 4.57. The molecule has 1 heterocycles. The highest BCUT2D eigenvalue weighted by Crippen LogP contribution is 2.23. The summed E-state index contributed by atoms with van der Waals surface area (Å²) in [6.07, 6.45) is 3.39. The third-order valence-electron chi connectivity index (χ3n) is 2.22. The zero-order valence-corrected chi connectivity index (χ0v) is 12.3. The quantitative estimate of drug-likeness (QED) is 0.343. The number of imidazole rings is 1. The number of aromatic nitrogens is 2. The standard InChI is InChI=1S/C11H17N5O3S/c1-4-19-9(17)8(7(2)14-15-10(12)18)20-11-13-5-6-16(11)3/h5-6,8H,4H2,1-3H3,(H3,12,15,18)/b14-7-. The van der Waals surface area contributed by atoms with Crippen molar-refractivity contribution in [3.05, 3.63) is 12.4 Å². The number of nitrogens with zero attached hydrogens (tertiary/aromatic N) is 3. The van der Waals surface area contributed by atoms with E-state index in [2.05, 4.69) is 15.5 Å². The van der Waals surface area contributed by atoms with Crippen molar-refractivity contribution >= 4 is 29.5 Å². The molecule has 0 spiro atoms. The minimum absolute atomic E-state index is 0.257. The van der Waals surface area contributed by atoms with E-state index in [0.29, 0.717) is 10.9 Å². The highest BCUT2D eigenvalue weighted by molar-refractivity contribution is 8.01. The first-order chi connectivity index (χ1) is 9.45. The predicted molar refractivity (Wildman–Crippen MR) is 75.3 cm³/mol. The number of amides is 2. The summed E-state index contributed by atoms with van der Waals surface area (Å²) in [7, 11) is 1.81. The number of hydrazone groups is 1. The Bertz CT molecular complexity index is 514. The molecule has 1 rings (SSSR count). The van der Waals surface area contributed by atoms with Crippen LogP contribution < -0.4 is 11.2 Å². The maximum Gasteiger partial charge on any atom is 0.332 e. The van der Waals surface area contributed by atoms with Crippen LogP contribution in [0.4, 0.5) is 4.79 Å². The molecule has 110 valence electrons. The Kier molecular flexibility index (Phi) is 6.04. The Balaban J connectivity index is 2.90. The lowest BCUT2D eigenvalue weighted by Gasteiger charge is -2.14. The third-order valence-corrected chi connectivity index (χ3v) is 3.60. The van der Waals surface area contributed by atoms with Crippen molar-refractivity contribution < 1.29 is 14.3 Å². The Hall–Kier alpha value is -2.03. The number of hydrogen-bond acceptors (Lipinski definition) is 6. The number of rotatable bonds is 6. The summed E-state index contributed by atoms with van der Waals surface area (Å²) in [6, 6.07) is -0.797. The molecule has 0 aromatic carbocycles. The van der Waals surface area contributed by atoms with Gasteiger partial charge in [-0.15, -0.1) is 0 Å². The zero-order chi connectivity index (χ0) is 15.1. The number of nitrogens with one attached hydrogen (secondary N) is 1. The highest BCUT2D eigenvalue weighted by atomic mass is 32.2. The number of primary amides is 1. The number of nitrogens with two attached hydrogens (primary N) is 1. The maximum absolute atomic E-state index is 12.0. The van der Waals surface area contributed by atoms with Crippen LogP contribution in [0.3, 0.4) is 0 Å². The molecule has 0 bridgehead atoms. The van der Waals surface area contributed by atoms with E-state index in [1.54, 1.807) is 30.8 Å². The van der Waals surface area contributed by atoms with Gasteiger partial charge in [-0.05, 0) is 13.8 Å². The molecule has 9 heteroatoms. The first-order valence-electron chi connectivity index (χ1n) is 5.86. The van der Waals surface area contributed by atoms with Crippen LogP contribution in [0.1, 0.15) is 13.8 Å². The van der Waals surface area contributed by atoms with Gasteiger partial charge in [-0.1, -0.05) is 11.8 Å². The van der Waals surface area contributed by atoms with Crippen LogP contribution >= 0.6 is 11.8 Å². The molecule has 0 aliphatic rings. The van der Waals surface area contributed by atoms with Gasteiger partial charge in [0.2, 0.25) is 0 Å². The minimum Gasteiger partial charge on any atom is -0.465 e. The van der Waals surface area contributed by atoms with Gasteiger partial charge in [-0.2, -0.15) is 5.10 Å². The topological polar surface area (TPSA) is 112 Å². The van der Waals surface area contributed by atoms with Gasteiger partial charge in [0.1, 0.15) is 5.25 Å². The second-order valence-corrected chi connectivity index (χ2v) is 4.87. The van der Waals surface area contributed by atoms with Crippen molar-refractivity contribution in [1.29, 1.82) is 0 Å². The Morgan fingerprint density at radius 1 is 1.65 bits per heavy atom. The van der Waals surface area contributed by atoms with E-state index in [-0.39, 0.29) is 6.61 Å². The highest BCUT2D eigenvalue weighted by Gasteiger charge is 2.26. The number of esters is 1. The van der Waals surface area contributed by atoms with Gasteiger partial charge in [-0.25, -0.2) is 15.2 Å². The fourth-order valence-corrected chi connectivity index (χ4v) is 2.24. The monoisotopic (exact) mass is 299 g/mol. The molecular weight excluding hydrogens is 282 g/mol. The van der Waals surface area contributed by atoms with Gasteiger partial charge in [0, 0.05) is 19.4 Å². The molecule has 20 heavy (non-hydrogen) atoms. The van der Waals surface area contributed by atoms with Crippen molar-refractivity contribution in [2.75, 3.05) is 6.61 Å². The van der Waals surface area contributed by atoms with Gasteiger partial charge < -0.3 is 15.0 Å². The summed E-state index contributed by atoms with van der Waals surface area (Å²) in [5.41, 5.74) is 7.41. The van der Waals surface area contributed by atoms with Crippen LogP contribution in [0.15, 0.2) is 22.7 Å². The smallest absolute Gasteiger partial charge is 0.332 e. The lowest BCUT2D eigenvalue weighted by Crippen LogP contribution is -2.32. The first-order valence-corrected chi connectivity index (χ1v) is 6.74. The summed E-state index contributed by atoms with van der Waals surface area (Å²) in [5, 5.41) is 3.70. The number of aryl methyl sites for hydroxylation is 1. The van der Waals surface area contributed by atoms with E-state index in [9.17, 15) is 9.59 Å². The summed E-state index contributed by atoms with van der Waals surface area (Å²) in [4.78, 5) is 26.7. The predicted octanol–water partition coefficient (Wildman–Crippen LogP) is 0.488. The molecule has 0 saturated heterocycles. The van der Waals surface area contributed by atoms with Crippen LogP contribution in [-0.4, -0.2) is 39.1 Å². The summed E-state index contributed by atoms with van der Waals surface area (Å²) in [5.74, 6) is -0.451. The number of carbonyl (C=O) groups is 2. The van der Waals surface area contributed by atoms with Crippen LogP contribution in [0, 0.1) is 0 Å². The summed E-state index contributed by atoms with van der Waals surface area (Å²) >= 11 is 1.18. The average Bonchev–Trinajstić information content (AvgIpc) is 2.78. The number of hydrogen-bond donors (Lipinski definition) is 2. The molecule has 1 unspecified atom stereocenters. The normalized spacial score (nSPS) is 12.8. The fraction of sp³-hybridized carbons (Fsp3) is 0.455. The van der Waals surface area contributed by atoms with Crippen molar-refractivity contribution in [3.8, 4) is 0 Å². The van der Waals surface area contributed by atoms with Gasteiger partial charge >= 0.3 is 12.0 Å². The maximum atomic E-state index is 12.0. The Morgan fingerprint density at radius 3 is 2.85 bits per heavy atom. The summed E-state index contributed by atoms with van der Waals surface area (Å²) in [6.45, 7) is 3.58. The molecule has 1 aromatic rings. The zero-order valence-electron chi connectivity index (χ0n) is 11.5. The second-order valence-electron chi connectivity index (χ2n) is 3.80. The van der Waals surface area contributed by atoms with Crippen molar-refractivity contribution in [1.82, 2.24) is 15.0 Å². The second kappa shape index (κ2) is 7.53. The number of thioether (sulfide) groups is 1. The molecule has 0 aliphatic heterocycles. The van der Waals surface area contributed by atoms with E-state index in [1.807, 2.05) is 7.05 Å². The molecule has 0 aliphatic carbocycles. The molecule has 0 fully saturated rings. The molecular formula is C11H17N5O3S. The molecule has 1 atom stereocenters.